The largest absolute Gasteiger partial charge is 0.495 e. The number of hydrogen-bond acceptors (Lipinski definition) is 2. The second-order valence-electron chi connectivity index (χ2n) is 7.39. The lowest BCUT2D eigenvalue weighted by molar-refractivity contribution is -0.118. The van der Waals surface area contributed by atoms with Crippen LogP contribution in [0.2, 0.25) is 0 Å². The molecule has 1 fully saturated rings. The fraction of sp³-hybridized carbons (Fsp3) is 0.667. The summed E-state index contributed by atoms with van der Waals surface area (Å²) in [6, 6.07) is 1.46. The summed E-state index contributed by atoms with van der Waals surface area (Å²) in [5, 5.41) is 11.8. The summed E-state index contributed by atoms with van der Waals surface area (Å²) in [4.78, 5) is 0. The van der Waals surface area contributed by atoms with E-state index in [4.69, 9.17) is 4.74 Å². The van der Waals surface area contributed by atoms with Crippen LogP contribution >= 0.6 is 15.9 Å². The van der Waals surface area contributed by atoms with Gasteiger partial charge in [0.25, 0.3) is 0 Å². The smallest absolute Gasteiger partial charge is 0.139 e. The Balaban J connectivity index is 2.23. The SMILES string of the molecule is COc1c(Br)cc(F)c2c1C(O)(C1CCCCC1)C(C)(C)C2. The molecule has 0 amide bonds. The van der Waals surface area contributed by atoms with E-state index in [1.807, 2.05) is 13.8 Å². The number of methoxy groups -OCH3 is 1. The Hall–Kier alpha value is -0.610. The molecule has 1 N–H and O–H groups in total. The van der Waals surface area contributed by atoms with Crippen LogP contribution in [0.5, 0.6) is 5.75 Å². The summed E-state index contributed by atoms with van der Waals surface area (Å²) < 4.78 is 20.7. The highest BCUT2D eigenvalue weighted by molar-refractivity contribution is 9.10. The molecule has 0 aliphatic heterocycles. The first-order valence-corrected chi connectivity index (χ1v) is 8.90. The first-order valence-electron chi connectivity index (χ1n) is 8.10. The minimum absolute atomic E-state index is 0.167. The quantitative estimate of drug-likeness (QED) is 0.797. The van der Waals surface area contributed by atoms with Crippen LogP contribution in [0.1, 0.15) is 57.1 Å². The third-order valence-corrected chi connectivity index (χ3v) is 6.31. The average Bonchev–Trinajstić information content (AvgIpc) is 2.70. The predicted molar refractivity (Wildman–Crippen MR) is 88.6 cm³/mol. The maximum Gasteiger partial charge on any atom is 0.139 e. The topological polar surface area (TPSA) is 29.5 Å². The van der Waals surface area contributed by atoms with Crippen LogP contribution in [0.15, 0.2) is 10.5 Å². The molecule has 3 rings (SSSR count). The Bertz CT molecular complexity index is 593. The van der Waals surface area contributed by atoms with Crippen molar-refractivity contribution in [1.82, 2.24) is 0 Å². The van der Waals surface area contributed by atoms with Gasteiger partial charge in [0.2, 0.25) is 0 Å². The number of fused-ring (bicyclic) bond motifs is 1. The minimum Gasteiger partial charge on any atom is -0.495 e. The van der Waals surface area contributed by atoms with Crippen LogP contribution in [-0.4, -0.2) is 12.2 Å². The molecule has 0 heterocycles. The highest BCUT2D eigenvalue weighted by Crippen LogP contribution is 2.60. The Kier molecular flexibility index (Phi) is 4.05. The van der Waals surface area contributed by atoms with Crippen molar-refractivity contribution in [3.05, 3.63) is 27.5 Å². The normalized spacial score (nSPS) is 27.7. The van der Waals surface area contributed by atoms with Gasteiger partial charge in [0.15, 0.2) is 0 Å². The first kappa shape index (κ1) is 16.3. The molecule has 1 unspecified atom stereocenters. The maximum atomic E-state index is 14.5. The molecule has 1 aromatic rings. The fourth-order valence-corrected chi connectivity index (χ4v) is 5.17. The van der Waals surface area contributed by atoms with E-state index in [1.165, 1.54) is 12.5 Å². The standard InChI is InChI=1S/C18H24BrFO2/c1-17(2)10-12-14(20)9-13(19)16(22-3)15(12)18(17,21)11-7-5-4-6-8-11/h9,11,21H,4-8,10H2,1-3H3. The van der Waals surface area contributed by atoms with Crippen LogP contribution in [0.3, 0.4) is 0 Å². The Morgan fingerprint density at radius 2 is 1.91 bits per heavy atom. The third kappa shape index (κ3) is 2.14. The summed E-state index contributed by atoms with van der Waals surface area (Å²) in [5.41, 5.74) is -0.123. The van der Waals surface area contributed by atoms with Crippen LogP contribution in [0.4, 0.5) is 4.39 Å². The van der Waals surface area contributed by atoms with E-state index >= 15 is 0 Å². The summed E-state index contributed by atoms with van der Waals surface area (Å²) in [7, 11) is 1.59. The van der Waals surface area contributed by atoms with E-state index in [9.17, 15) is 9.50 Å². The Morgan fingerprint density at radius 3 is 2.50 bits per heavy atom. The van der Waals surface area contributed by atoms with Crippen LogP contribution < -0.4 is 4.74 Å². The molecule has 22 heavy (non-hydrogen) atoms. The van der Waals surface area contributed by atoms with Crippen molar-refractivity contribution in [2.24, 2.45) is 11.3 Å². The lowest BCUT2D eigenvalue weighted by atomic mass is 9.64. The monoisotopic (exact) mass is 370 g/mol. The van der Waals surface area contributed by atoms with E-state index in [0.29, 0.717) is 27.8 Å². The second kappa shape index (κ2) is 5.48. The summed E-state index contributed by atoms with van der Waals surface area (Å²) in [6.07, 6.45) is 6.04. The molecule has 0 aromatic heterocycles. The molecule has 2 aliphatic carbocycles. The van der Waals surface area contributed by atoms with Gasteiger partial charge >= 0.3 is 0 Å². The Morgan fingerprint density at radius 1 is 1.27 bits per heavy atom. The molecule has 2 nitrogen and oxygen atoms in total. The zero-order chi connectivity index (χ0) is 16.1. The van der Waals surface area contributed by atoms with Gasteiger partial charge in [0.1, 0.15) is 17.2 Å². The van der Waals surface area contributed by atoms with Gasteiger partial charge in [-0.05, 0) is 52.7 Å². The number of ether oxygens (including phenoxy) is 1. The molecule has 1 atom stereocenters. The lowest BCUT2D eigenvalue weighted by Crippen LogP contribution is -2.46. The highest BCUT2D eigenvalue weighted by Gasteiger charge is 2.58. The number of halogens is 2. The van der Waals surface area contributed by atoms with E-state index < -0.39 is 11.0 Å². The first-order chi connectivity index (χ1) is 10.3. The van der Waals surface area contributed by atoms with Gasteiger partial charge in [-0.2, -0.15) is 0 Å². The molecule has 2 aliphatic rings. The molecular formula is C18H24BrFO2. The van der Waals surface area contributed by atoms with E-state index in [-0.39, 0.29) is 11.7 Å². The molecule has 4 heteroatoms. The number of hydrogen-bond donors (Lipinski definition) is 1. The molecule has 1 aromatic carbocycles. The molecule has 0 saturated heterocycles. The molecule has 0 radical (unpaired) electrons. The van der Waals surface area contributed by atoms with Crippen molar-refractivity contribution in [3.63, 3.8) is 0 Å². The van der Waals surface area contributed by atoms with Crippen LogP contribution in [0, 0.1) is 17.2 Å². The summed E-state index contributed by atoms with van der Waals surface area (Å²) >= 11 is 3.40. The molecule has 0 spiro atoms. The average molecular weight is 371 g/mol. The zero-order valence-corrected chi connectivity index (χ0v) is 15.1. The van der Waals surface area contributed by atoms with Gasteiger partial charge in [-0.25, -0.2) is 4.39 Å². The van der Waals surface area contributed by atoms with E-state index in [2.05, 4.69) is 15.9 Å². The van der Waals surface area contributed by atoms with Crippen molar-refractivity contribution in [2.75, 3.05) is 7.11 Å². The van der Waals surface area contributed by atoms with Crippen molar-refractivity contribution >= 4 is 15.9 Å². The van der Waals surface area contributed by atoms with Crippen molar-refractivity contribution < 1.29 is 14.2 Å². The fourth-order valence-electron chi connectivity index (χ4n) is 4.61. The lowest BCUT2D eigenvalue weighted by Gasteiger charge is -2.45. The molecule has 1 saturated carbocycles. The van der Waals surface area contributed by atoms with Gasteiger partial charge in [-0.1, -0.05) is 33.1 Å². The number of benzene rings is 1. The van der Waals surface area contributed by atoms with Crippen LogP contribution in [0.25, 0.3) is 0 Å². The van der Waals surface area contributed by atoms with E-state index in [0.717, 1.165) is 25.7 Å². The minimum atomic E-state index is -1.03. The Labute approximate surface area is 140 Å². The molecule has 0 bridgehead atoms. The van der Waals surface area contributed by atoms with Crippen molar-refractivity contribution in [2.45, 2.75) is 58.0 Å². The highest BCUT2D eigenvalue weighted by atomic mass is 79.9. The van der Waals surface area contributed by atoms with Gasteiger partial charge < -0.3 is 9.84 Å². The summed E-state index contributed by atoms with van der Waals surface area (Å²) in [5.74, 6) is 0.512. The number of rotatable bonds is 2. The van der Waals surface area contributed by atoms with Gasteiger partial charge in [-0.15, -0.1) is 0 Å². The summed E-state index contributed by atoms with van der Waals surface area (Å²) in [6.45, 7) is 4.10. The van der Waals surface area contributed by atoms with E-state index in [1.54, 1.807) is 7.11 Å². The van der Waals surface area contributed by atoms with Crippen molar-refractivity contribution in [3.8, 4) is 5.75 Å². The third-order valence-electron chi connectivity index (χ3n) is 5.72. The van der Waals surface area contributed by atoms with Crippen LogP contribution in [-0.2, 0) is 12.0 Å². The molecule has 122 valence electrons. The number of aliphatic hydroxyl groups is 1. The zero-order valence-electron chi connectivity index (χ0n) is 13.5. The second-order valence-corrected chi connectivity index (χ2v) is 8.24. The van der Waals surface area contributed by atoms with Gasteiger partial charge in [0.05, 0.1) is 11.6 Å². The van der Waals surface area contributed by atoms with Gasteiger partial charge in [0, 0.05) is 11.0 Å². The maximum absolute atomic E-state index is 14.5. The van der Waals surface area contributed by atoms with Crippen molar-refractivity contribution in [1.29, 1.82) is 0 Å². The van der Waals surface area contributed by atoms with Gasteiger partial charge in [-0.3, -0.25) is 0 Å². The predicted octanol–water partition coefficient (Wildman–Crippen LogP) is 4.95. The molecular weight excluding hydrogens is 347 g/mol.